The number of nitrogens with zero attached hydrogens (tertiary/aromatic N) is 3. The number of carbonyl (C=O) groups is 2. The van der Waals surface area contributed by atoms with Crippen LogP contribution in [0.4, 0.5) is 5.82 Å². The second-order valence-electron chi connectivity index (χ2n) is 8.00. The van der Waals surface area contributed by atoms with Crippen LogP contribution in [0.1, 0.15) is 49.7 Å². The van der Waals surface area contributed by atoms with E-state index in [0.29, 0.717) is 32.0 Å². The minimum atomic E-state index is -0.286. The standard InChI is InChI=1S/C19H26N4O3/c1-12-14-10-15(24)21-16(14)22-18(20-12)19(2)6-3-7-23(11-19)17(25)13-4-8-26-9-5-13/h13H,3-11H2,1-2H3,(H,20,21,22,24)/t19-/m0/s1. The molecule has 1 aromatic rings. The molecule has 2 amide bonds. The van der Waals surface area contributed by atoms with E-state index in [1.807, 2.05) is 11.8 Å². The summed E-state index contributed by atoms with van der Waals surface area (Å²) in [7, 11) is 0. The number of hydrogen-bond acceptors (Lipinski definition) is 5. The minimum Gasteiger partial charge on any atom is -0.381 e. The van der Waals surface area contributed by atoms with Gasteiger partial charge in [0.1, 0.15) is 11.6 Å². The number of likely N-dealkylation sites (tertiary alicyclic amines) is 1. The molecule has 3 aliphatic heterocycles. The average molecular weight is 358 g/mol. The van der Waals surface area contributed by atoms with Crippen molar-refractivity contribution < 1.29 is 14.3 Å². The van der Waals surface area contributed by atoms with E-state index in [4.69, 9.17) is 9.72 Å². The zero-order valence-corrected chi connectivity index (χ0v) is 15.5. The van der Waals surface area contributed by atoms with E-state index in [0.717, 1.165) is 49.3 Å². The number of carbonyl (C=O) groups excluding carboxylic acids is 2. The highest BCUT2D eigenvalue weighted by Crippen LogP contribution is 2.35. The summed E-state index contributed by atoms with van der Waals surface area (Å²) >= 11 is 0. The third-order valence-electron chi connectivity index (χ3n) is 5.93. The molecule has 1 N–H and O–H groups in total. The zero-order valence-electron chi connectivity index (χ0n) is 15.5. The third kappa shape index (κ3) is 3.09. The lowest BCUT2D eigenvalue weighted by atomic mass is 9.80. The fourth-order valence-electron chi connectivity index (χ4n) is 4.33. The highest BCUT2D eigenvalue weighted by atomic mass is 16.5. The van der Waals surface area contributed by atoms with Gasteiger partial charge in [-0.3, -0.25) is 9.59 Å². The topological polar surface area (TPSA) is 84.4 Å². The number of piperidine rings is 1. The highest BCUT2D eigenvalue weighted by molar-refractivity contribution is 5.98. The molecule has 7 heteroatoms. The molecule has 0 bridgehead atoms. The van der Waals surface area contributed by atoms with E-state index >= 15 is 0 Å². The maximum absolute atomic E-state index is 12.9. The summed E-state index contributed by atoms with van der Waals surface area (Å²) in [6.07, 6.45) is 3.86. The molecule has 0 unspecified atom stereocenters. The molecule has 2 saturated heterocycles. The molecule has 0 saturated carbocycles. The average Bonchev–Trinajstić information content (AvgIpc) is 3.03. The Morgan fingerprint density at radius 1 is 1.31 bits per heavy atom. The van der Waals surface area contributed by atoms with Gasteiger partial charge in [0.2, 0.25) is 11.8 Å². The number of ether oxygens (including phenoxy) is 1. The van der Waals surface area contributed by atoms with Crippen molar-refractivity contribution in [3.8, 4) is 0 Å². The number of hydrogen-bond donors (Lipinski definition) is 1. The van der Waals surface area contributed by atoms with Crippen LogP contribution in [0.2, 0.25) is 0 Å². The van der Waals surface area contributed by atoms with Gasteiger partial charge in [-0.1, -0.05) is 6.92 Å². The Labute approximate surface area is 153 Å². The molecule has 4 rings (SSSR count). The third-order valence-corrected chi connectivity index (χ3v) is 5.93. The molecule has 0 spiro atoms. The molecular weight excluding hydrogens is 332 g/mol. The quantitative estimate of drug-likeness (QED) is 0.868. The molecule has 0 radical (unpaired) electrons. The van der Waals surface area contributed by atoms with Gasteiger partial charge in [0.25, 0.3) is 0 Å². The summed E-state index contributed by atoms with van der Waals surface area (Å²) < 4.78 is 5.39. The smallest absolute Gasteiger partial charge is 0.230 e. The van der Waals surface area contributed by atoms with E-state index in [2.05, 4.69) is 17.2 Å². The number of nitrogens with one attached hydrogen (secondary N) is 1. The van der Waals surface area contributed by atoms with Crippen molar-refractivity contribution in [3.05, 3.63) is 17.1 Å². The van der Waals surface area contributed by atoms with E-state index in [9.17, 15) is 9.59 Å². The Morgan fingerprint density at radius 3 is 2.85 bits per heavy atom. The van der Waals surface area contributed by atoms with Crippen LogP contribution in [0.25, 0.3) is 0 Å². The first-order valence-corrected chi connectivity index (χ1v) is 9.51. The van der Waals surface area contributed by atoms with Gasteiger partial charge in [-0.05, 0) is 32.6 Å². The second kappa shape index (κ2) is 6.61. The molecule has 1 atom stereocenters. The Bertz CT molecular complexity index is 745. The maximum Gasteiger partial charge on any atom is 0.230 e. The fourth-order valence-corrected chi connectivity index (χ4v) is 4.33. The van der Waals surface area contributed by atoms with E-state index in [-0.39, 0.29) is 23.1 Å². The first-order valence-electron chi connectivity index (χ1n) is 9.51. The van der Waals surface area contributed by atoms with Crippen LogP contribution < -0.4 is 5.32 Å². The van der Waals surface area contributed by atoms with E-state index < -0.39 is 0 Å². The van der Waals surface area contributed by atoms with E-state index in [1.165, 1.54) is 0 Å². The molecule has 3 aliphatic rings. The van der Waals surface area contributed by atoms with Crippen molar-refractivity contribution in [2.24, 2.45) is 5.92 Å². The van der Waals surface area contributed by atoms with Crippen molar-refractivity contribution >= 4 is 17.6 Å². The van der Waals surface area contributed by atoms with Crippen molar-refractivity contribution in [2.45, 2.75) is 51.4 Å². The predicted octanol–water partition coefficient (Wildman–Crippen LogP) is 1.59. The SMILES string of the molecule is Cc1nc([C@@]2(C)CCCN(C(=O)C3CCOCC3)C2)nc2c1CC(=O)N2. The van der Waals surface area contributed by atoms with Crippen LogP contribution in [0.5, 0.6) is 0 Å². The first-order chi connectivity index (χ1) is 12.5. The van der Waals surface area contributed by atoms with Crippen LogP contribution in [0.3, 0.4) is 0 Å². The lowest BCUT2D eigenvalue weighted by molar-refractivity contribution is -0.140. The normalized spacial score (nSPS) is 26.5. The molecule has 2 fully saturated rings. The van der Waals surface area contributed by atoms with Gasteiger partial charge in [-0.2, -0.15) is 0 Å². The van der Waals surface area contributed by atoms with Gasteiger partial charge in [-0.25, -0.2) is 9.97 Å². The van der Waals surface area contributed by atoms with Gasteiger partial charge in [0.05, 0.1) is 6.42 Å². The molecule has 0 aliphatic carbocycles. The Kier molecular flexibility index (Phi) is 4.42. The summed E-state index contributed by atoms with van der Waals surface area (Å²) in [5, 5.41) is 2.84. The van der Waals surface area contributed by atoms with Gasteiger partial charge >= 0.3 is 0 Å². The highest BCUT2D eigenvalue weighted by Gasteiger charge is 2.40. The zero-order chi connectivity index (χ0) is 18.3. The molecule has 4 heterocycles. The van der Waals surface area contributed by atoms with Gasteiger partial charge < -0.3 is 15.0 Å². The van der Waals surface area contributed by atoms with Gasteiger partial charge in [0, 0.05) is 48.9 Å². The minimum absolute atomic E-state index is 0.0281. The molecule has 26 heavy (non-hydrogen) atoms. The Morgan fingerprint density at radius 2 is 2.08 bits per heavy atom. The number of rotatable bonds is 2. The Balaban J connectivity index is 1.56. The first kappa shape index (κ1) is 17.4. The summed E-state index contributed by atoms with van der Waals surface area (Å²) in [5.74, 6) is 1.67. The monoisotopic (exact) mass is 358 g/mol. The molecule has 140 valence electrons. The lowest BCUT2D eigenvalue weighted by Crippen LogP contribution is -2.50. The summed E-state index contributed by atoms with van der Waals surface area (Å²) in [5.41, 5.74) is 1.47. The second-order valence-corrected chi connectivity index (χ2v) is 8.00. The summed E-state index contributed by atoms with van der Waals surface area (Å²) in [6, 6.07) is 0. The van der Waals surface area contributed by atoms with Gasteiger partial charge in [0.15, 0.2) is 0 Å². The van der Waals surface area contributed by atoms with Crippen molar-refractivity contribution in [2.75, 3.05) is 31.6 Å². The van der Waals surface area contributed by atoms with Crippen molar-refractivity contribution in [1.82, 2.24) is 14.9 Å². The van der Waals surface area contributed by atoms with E-state index in [1.54, 1.807) is 0 Å². The summed E-state index contributed by atoms with van der Waals surface area (Å²) in [6.45, 7) is 6.85. The fraction of sp³-hybridized carbons (Fsp3) is 0.684. The van der Waals surface area contributed by atoms with Crippen LogP contribution in [-0.4, -0.2) is 53.0 Å². The largest absolute Gasteiger partial charge is 0.381 e. The van der Waals surface area contributed by atoms with Crippen LogP contribution in [0, 0.1) is 12.8 Å². The predicted molar refractivity (Wildman–Crippen MR) is 95.8 cm³/mol. The number of aryl methyl sites for hydroxylation is 1. The molecule has 7 nitrogen and oxygen atoms in total. The van der Waals surface area contributed by atoms with Crippen molar-refractivity contribution in [3.63, 3.8) is 0 Å². The Hall–Kier alpha value is -2.02. The van der Waals surface area contributed by atoms with Crippen LogP contribution >= 0.6 is 0 Å². The number of amides is 2. The maximum atomic E-state index is 12.9. The molecule has 0 aromatic carbocycles. The lowest BCUT2D eigenvalue weighted by Gasteiger charge is -2.41. The number of anilines is 1. The van der Waals surface area contributed by atoms with Crippen LogP contribution in [0.15, 0.2) is 0 Å². The summed E-state index contributed by atoms with van der Waals surface area (Å²) in [4.78, 5) is 36.0. The van der Waals surface area contributed by atoms with Crippen LogP contribution in [-0.2, 0) is 26.2 Å². The molecular formula is C19H26N4O3. The number of fused-ring (bicyclic) bond motifs is 1. The molecule has 1 aromatic heterocycles. The van der Waals surface area contributed by atoms with Gasteiger partial charge in [-0.15, -0.1) is 0 Å². The number of aromatic nitrogens is 2. The van der Waals surface area contributed by atoms with Crippen molar-refractivity contribution in [1.29, 1.82) is 0 Å².